The molecule has 100 valence electrons. The maximum Gasteiger partial charge on any atom is 0.333 e. The van der Waals surface area contributed by atoms with Gasteiger partial charge in [-0.25, -0.2) is 0 Å². The molecule has 3 N–H and O–H groups in total. The van der Waals surface area contributed by atoms with E-state index in [-0.39, 0.29) is 17.5 Å². The summed E-state index contributed by atoms with van der Waals surface area (Å²) < 4.78 is 5.38. The second-order valence-electron chi connectivity index (χ2n) is 4.12. The van der Waals surface area contributed by atoms with Crippen molar-refractivity contribution < 1.29 is 9.66 Å². The third kappa shape index (κ3) is 3.89. The van der Waals surface area contributed by atoms with Gasteiger partial charge < -0.3 is 15.8 Å². The third-order valence-electron chi connectivity index (χ3n) is 2.26. The smallest absolute Gasteiger partial charge is 0.333 e. The van der Waals surface area contributed by atoms with Gasteiger partial charge in [0.25, 0.3) is 0 Å². The standard InChI is InChI=1S/C12H19N3O3/c1-3-7-18-11-6-4-5-10(12(11)15(16)17)14-8-9(2)13/h4-6,9,14H,3,7-8,13H2,1-2H3. The molecule has 0 aliphatic heterocycles. The molecule has 1 aromatic rings. The number of nitrogens with two attached hydrogens (primary N) is 1. The molecule has 0 amide bonds. The summed E-state index contributed by atoms with van der Waals surface area (Å²) in [6.07, 6.45) is 0.800. The molecule has 0 radical (unpaired) electrons. The van der Waals surface area contributed by atoms with Crippen molar-refractivity contribution in [3.63, 3.8) is 0 Å². The number of nitrogens with one attached hydrogen (secondary N) is 1. The lowest BCUT2D eigenvalue weighted by molar-refractivity contribution is -0.385. The van der Waals surface area contributed by atoms with E-state index in [1.807, 2.05) is 13.8 Å². The first-order chi connectivity index (χ1) is 8.56. The lowest BCUT2D eigenvalue weighted by Gasteiger charge is -2.12. The predicted octanol–water partition coefficient (Wildman–Crippen LogP) is 2.14. The summed E-state index contributed by atoms with van der Waals surface area (Å²) in [7, 11) is 0. The first-order valence-electron chi connectivity index (χ1n) is 5.96. The van der Waals surface area contributed by atoms with E-state index >= 15 is 0 Å². The fourth-order valence-electron chi connectivity index (χ4n) is 1.45. The van der Waals surface area contributed by atoms with Crippen LogP contribution in [0, 0.1) is 10.1 Å². The maximum absolute atomic E-state index is 11.1. The molecular formula is C12H19N3O3. The van der Waals surface area contributed by atoms with Gasteiger partial charge in [-0.2, -0.15) is 0 Å². The number of hydrogen-bond donors (Lipinski definition) is 2. The molecule has 0 fully saturated rings. The molecule has 0 aliphatic carbocycles. The second kappa shape index (κ2) is 6.80. The molecule has 0 heterocycles. The lowest BCUT2D eigenvalue weighted by Crippen LogP contribution is -2.25. The van der Waals surface area contributed by atoms with Crippen molar-refractivity contribution in [2.75, 3.05) is 18.5 Å². The summed E-state index contributed by atoms with van der Waals surface area (Å²) in [5, 5.41) is 14.1. The molecule has 6 heteroatoms. The van der Waals surface area contributed by atoms with Crippen molar-refractivity contribution in [2.24, 2.45) is 5.73 Å². The molecule has 0 aromatic heterocycles. The number of ether oxygens (including phenoxy) is 1. The average Bonchev–Trinajstić information content (AvgIpc) is 2.33. The van der Waals surface area contributed by atoms with E-state index in [0.29, 0.717) is 18.8 Å². The summed E-state index contributed by atoms with van der Waals surface area (Å²) >= 11 is 0. The summed E-state index contributed by atoms with van der Waals surface area (Å²) in [6, 6.07) is 4.90. The topological polar surface area (TPSA) is 90.4 Å². The second-order valence-corrected chi connectivity index (χ2v) is 4.12. The van der Waals surface area contributed by atoms with Gasteiger partial charge in [0.15, 0.2) is 5.75 Å². The Morgan fingerprint density at radius 3 is 2.83 bits per heavy atom. The van der Waals surface area contributed by atoms with E-state index in [2.05, 4.69) is 5.32 Å². The van der Waals surface area contributed by atoms with Gasteiger partial charge in [0, 0.05) is 12.6 Å². The Labute approximate surface area is 106 Å². The van der Waals surface area contributed by atoms with Crippen molar-refractivity contribution >= 4 is 11.4 Å². The largest absolute Gasteiger partial charge is 0.487 e. The Morgan fingerprint density at radius 2 is 2.28 bits per heavy atom. The SMILES string of the molecule is CCCOc1cccc(NCC(C)N)c1[N+](=O)[O-]. The first-order valence-corrected chi connectivity index (χ1v) is 5.96. The Balaban J connectivity index is 2.97. The molecule has 0 saturated heterocycles. The highest BCUT2D eigenvalue weighted by Crippen LogP contribution is 2.34. The van der Waals surface area contributed by atoms with Gasteiger partial charge in [-0.1, -0.05) is 13.0 Å². The first kappa shape index (κ1) is 14.2. The maximum atomic E-state index is 11.1. The average molecular weight is 253 g/mol. The number of benzene rings is 1. The summed E-state index contributed by atoms with van der Waals surface area (Å²) in [5.74, 6) is 0.288. The van der Waals surface area contributed by atoms with Gasteiger partial charge in [0.05, 0.1) is 11.5 Å². The van der Waals surface area contributed by atoms with Crippen LogP contribution in [0.15, 0.2) is 18.2 Å². The Kier molecular flexibility index (Phi) is 5.38. The minimum absolute atomic E-state index is 0.0356. The van der Waals surface area contributed by atoms with Crippen LogP contribution in [0.25, 0.3) is 0 Å². The number of anilines is 1. The number of nitro groups is 1. The molecule has 6 nitrogen and oxygen atoms in total. The highest BCUT2D eigenvalue weighted by Gasteiger charge is 2.20. The van der Waals surface area contributed by atoms with Crippen molar-refractivity contribution in [2.45, 2.75) is 26.3 Å². The molecule has 1 atom stereocenters. The van der Waals surface area contributed by atoms with E-state index in [1.165, 1.54) is 0 Å². The van der Waals surface area contributed by atoms with Crippen molar-refractivity contribution in [1.29, 1.82) is 0 Å². The fraction of sp³-hybridized carbons (Fsp3) is 0.500. The van der Waals surface area contributed by atoms with Crippen LogP contribution in [0.4, 0.5) is 11.4 Å². The number of hydrogen-bond acceptors (Lipinski definition) is 5. The zero-order chi connectivity index (χ0) is 13.5. The number of nitro benzene ring substituents is 1. The molecule has 1 unspecified atom stereocenters. The van der Waals surface area contributed by atoms with Crippen LogP contribution in [0.2, 0.25) is 0 Å². The fourth-order valence-corrected chi connectivity index (χ4v) is 1.45. The van der Waals surface area contributed by atoms with Gasteiger partial charge in [0.1, 0.15) is 5.69 Å². The van der Waals surface area contributed by atoms with E-state index in [4.69, 9.17) is 10.5 Å². The van der Waals surface area contributed by atoms with Crippen LogP contribution in [0.5, 0.6) is 5.75 Å². The van der Waals surface area contributed by atoms with Crippen LogP contribution >= 0.6 is 0 Å². The Morgan fingerprint density at radius 1 is 1.56 bits per heavy atom. The van der Waals surface area contributed by atoms with Gasteiger partial charge in [-0.3, -0.25) is 10.1 Å². The van der Waals surface area contributed by atoms with Crippen molar-refractivity contribution in [3.05, 3.63) is 28.3 Å². The minimum Gasteiger partial charge on any atom is -0.487 e. The summed E-state index contributed by atoms with van der Waals surface area (Å²) in [6.45, 7) is 4.70. The predicted molar refractivity (Wildman–Crippen MR) is 71.0 cm³/mol. The zero-order valence-electron chi connectivity index (χ0n) is 10.7. The molecule has 0 spiro atoms. The molecule has 1 rings (SSSR count). The normalized spacial score (nSPS) is 11.9. The van der Waals surface area contributed by atoms with Gasteiger partial charge in [-0.15, -0.1) is 0 Å². The highest BCUT2D eigenvalue weighted by atomic mass is 16.6. The quantitative estimate of drug-likeness (QED) is 0.574. The highest BCUT2D eigenvalue weighted by molar-refractivity contribution is 5.68. The van der Waals surface area contributed by atoms with Crippen molar-refractivity contribution in [1.82, 2.24) is 0 Å². The zero-order valence-corrected chi connectivity index (χ0v) is 10.7. The molecule has 1 aromatic carbocycles. The van der Waals surface area contributed by atoms with Crippen LogP contribution in [0.3, 0.4) is 0 Å². The Hall–Kier alpha value is -1.82. The number of para-hydroxylation sites is 1. The molecule has 0 bridgehead atoms. The lowest BCUT2D eigenvalue weighted by atomic mass is 10.2. The van der Waals surface area contributed by atoms with Gasteiger partial charge in [0.2, 0.25) is 0 Å². The minimum atomic E-state index is -0.436. The number of rotatable bonds is 7. The van der Waals surface area contributed by atoms with E-state index < -0.39 is 4.92 Å². The van der Waals surface area contributed by atoms with E-state index in [9.17, 15) is 10.1 Å². The molecule has 18 heavy (non-hydrogen) atoms. The third-order valence-corrected chi connectivity index (χ3v) is 2.26. The van der Waals surface area contributed by atoms with Crippen LogP contribution < -0.4 is 15.8 Å². The monoisotopic (exact) mass is 253 g/mol. The van der Waals surface area contributed by atoms with E-state index in [1.54, 1.807) is 18.2 Å². The van der Waals surface area contributed by atoms with Crippen LogP contribution in [-0.2, 0) is 0 Å². The summed E-state index contributed by atoms with van der Waals surface area (Å²) in [5.41, 5.74) is 6.02. The summed E-state index contributed by atoms with van der Waals surface area (Å²) in [4.78, 5) is 10.7. The molecule has 0 saturated carbocycles. The Bertz CT molecular complexity index is 408. The van der Waals surface area contributed by atoms with E-state index in [0.717, 1.165) is 6.42 Å². The molecule has 0 aliphatic rings. The number of nitrogens with zero attached hydrogens (tertiary/aromatic N) is 1. The van der Waals surface area contributed by atoms with Gasteiger partial charge >= 0.3 is 5.69 Å². The molecular weight excluding hydrogens is 234 g/mol. The van der Waals surface area contributed by atoms with Crippen LogP contribution in [0.1, 0.15) is 20.3 Å². The van der Waals surface area contributed by atoms with Crippen LogP contribution in [-0.4, -0.2) is 24.1 Å². The van der Waals surface area contributed by atoms with Gasteiger partial charge in [-0.05, 0) is 25.5 Å². The van der Waals surface area contributed by atoms with Crippen molar-refractivity contribution in [3.8, 4) is 5.75 Å².